The summed E-state index contributed by atoms with van der Waals surface area (Å²) < 4.78 is 5.29. The van der Waals surface area contributed by atoms with Gasteiger partial charge in [0, 0.05) is 31.6 Å². The third-order valence-corrected chi connectivity index (χ3v) is 4.27. The van der Waals surface area contributed by atoms with Crippen LogP contribution < -0.4 is 16.0 Å². The monoisotopic (exact) mass is 477 g/mol. The average molecular weight is 477 g/mol. The highest BCUT2D eigenvalue weighted by Crippen LogP contribution is 2.17. The molecule has 0 radical (unpaired) electrons. The second kappa shape index (κ2) is 12.1. The summed E-state index contributed by atoms with van der Waals surface area (Å²) in [6.45, 7) is 7.89. The molecular weight excluding hydrogens is 445 g/mol. The molecule has 7 nitrogen and oxygen atoms in total. The standard InChI is InChI=1S/C18H31N5O2.HI/c1-4-19-18(21-12-15-11-16(13(2)3)23-25-15)20-10-9-17(24)22-14-7-5-6-8-14;/h11,13-14H,4-10,12H2,1-3H3,(H,22,24)(H2,19,20,21);1H. The molecule has 1 aliphatic carbocycles. The fourth-order valence-electron chi connectivity index (χ4n) is 2.84. The third-order valence-electron chi connectivity index (χ3n) is 4.27. The Hall–Kier alpha value is -1.32. The lowest BCUT2D eigenvalue weighted by Gasteiger charge is -2.13. The first-order valence-electron chi connectivity index (χ1n) is 9.35. The molecule has 1 heterocycles. The van der Waals surface area contributed by atoms with E-state index in [0.717, 1.165) is 30.8 Å². The Labute approximate surface area is 173 Å². The van der Waals surface area contributed by atoms with Gasteiger partial charge >= 0.3 is 0 Å². The highest BCUT2D eigenvalue weighted by Gasteiger charge is 2.16. The van der Waals surface area contributed by atoms with E-state index in [1.54, 1.807) is 0 Å². The van der Waals surface area contributed by atoms with Gasteiger partial charge in [-0.1, -0.05) is 31.8 Å². The molecule has 1 aromatic heterocycles. The predicted octanol–water partition coefficient (Wildman–Crippen LogP) is 2.92. The molecule has 0 aliphatic heterocycles. The van der Waals surface area contributed by atoms with E-state index in [2.05, 4.69) is 39.9 Å². The number of carbonyl (C=O) groups excluding carboxylic acids is 1. The van der Waals surface area contributed by atoms with Crippen molar-refractivity contribution in [2.75, 3.05) is 13.1 Å². The van der Waals surface area contributed by atoms with Crippen LogP contribution in [0.5, 0.6) is 0 Å². The van der Waals surface area contributed by atoms with Crippen LogP contribution in [-0.2, 0) is 11.3 Å². The Bertz CT molecular complexity index is 568. The maximum absolute atomic E-state index is 11.9. The topological polar surface area (TPSA) is 91.6 Å². The van der Waals surface area contributed by atoms with Crippen LogP contribution in [0.15, 0.2) is 15.6 Å². The summed E-state index contributed by atoms with van der Waals surface area (Å²) in [6, 6.07) is 2.31. The Morgan fingerprint density at radius 1 is 1.35 bits per heavy atom. The summed E-state index contributed by atoms with van der Waals surface area (Å²) >= 11 is 0. The van der Waals surface area contributed by atoms with Gasteiger partial charge in [-0.25, -0.2) is 4.99 Å². The number of aromatic nitrogens is 1. The number of aliphatic imine (C=N–C) groups is 1. The fourth-order valence-corrected chi connectivity index (χ4v) is 2.84. The van der Waals surface area contributed by atoms with Crippen molar-refractivity contribution in [3.63, 3.8) is 0 Å². The molecule has 8 heteroatoms. The highest BCUT2D eigenvalue weighted by molar-refractivity contribution is 14.0. The molecule has 0 unspecified atom stereocenters. The van der Waals surface area contributed by atoms with E-state index in [9.17, 15) is 4.79 Å². The molecule has 0 saturated heterocycles. The summed E-state index contributed by atoms with van der Waals surface area (Å²) in [4.78, 5) is 16.4. The van der Waals surface area contributed by atoms with Crippen molar-refractivity contribution in [1.29, 1.82) is 0 Å². The molecule has 1 aromatic rings. The van der Waals surface area contributed by atoms with Crippen molar-refractivity contribution >= 4 is 35.8 Å². The van der Waals surface area contributed by atoms with Crippen LogP contribution in [0.2, 0.25) is 0 Å². The van der Waals surface area contributed by atoms with E-state index >= 15 is 0 Å². The van der Waals surface area contributed by atoms with Crippen LogP contribution in [0, 0.1) is 0 Å². The molecular formula is C18H32IN5O2. The van der Waals surface area contributed by atoms with Gasteiger partial charge in [0.25, 0.3) is 0 Å². The van der Waals surface area contributed by atoms with Crippen molar-refractivity contribution < 1.29 is 9.32 Å². The minimum Gasteiger partial charge on any atom is -0.359 e. The smallest absolute Gasteiger partial charge is 0.221 e. The van der Waals surface area contributed by atoms with Crippen LogP contribution in [-0.4, -0.2) is 36.2 Å². The SMILES string of the molecule is CCNC(=NCc1cc(C(C)C)no1)NCCC(=O)NC1CCCC1.I. The number of rotatable bonds is 8. The zero-order chi connectivity index (χ0) is 18.1. The first kappa shape index (κ1) is 22.7. The summed E-state index contributed by atoms with van der Waals surface area (Å²) in [5.74, 6) is 1.86. The first-order valence-corrected chi connectivity index (χ1v) is 9.35. The van der Waals surface area contributed by atoms with Crippen molar-refractivity contribution in [3.8, 4) is 0 Å². The Balaban J connectivity index is 0.00000338. The van der Waals surface area contributed by atoms with Crippen LogP contribution in [0.4, 0.5) is 0 Å². The third kappa shape index (κ3) is 7.92. The van der Waals surface area contributed by atoms with Crippen molar-refractivity contribution in [3.05, 3.63) is 17.5 Å². The number of hydrogen-bond donors (Lipinski definition) is 3. The molecule has 3 N–H and O–H groups in total. The lowest BCUT2D eigenvalue weighted by atomic mass is 10.1. The van der Waals surface area contributed by atoms with E-state index in [1.807, 2.05) is 13.0 Å². The Morgan fingerprint density at radius 2 is 2.08 bits per heavy atom. The van der Waals surface area contributed by atoms with Gasteiger partial charge in [0.1, 0.15) is 6.54 Å². The molecule has 0 bridgehead atoms. The summed E-state index contributed by atoms with van der Waals surface area (Å²) in [7, 11) is 0. The summed E-state index contributed by atoms with van der Waals surface area (Å²) in [5.41, 5.74) is 0.937. The summed E-state index contributed by atoms with van der Waals surface area (Å²) in [6.07, 6.45) is 5.11. The Kier molecular flexibility index (Phi) is 10.6. The van der Waals surface area contributed by atoms with Crippen molar-refractivity contribution in [2.24, 2.45) is 4.99 Å². The molecule has 1 saturated carbocycles. The van der Waals surface area contributed by atoms with E-state index in [0.29, 0.717) is 37.4 Å². The van der Waals surface area contributed by atoms with Gasteiger partial charge in [0.2, 0.25) is 5.91 Å². The maximum Gasteiger partial charge on any atom is 0.221 e. The highest BCUT2D eigenvalue weighted by atomic mass is 127. The number of nitrogens with one attached hydrogen (secondary N) is 3. The lowest BCUT2D eigenvalue weighted by molar-refractivity contribution is -0.121. The van der Waals surface area contributed by atoms with E-state index in [-0.39, 0.29) is 29.9 Å². The first-order chi connectivity index (χ1) is 12.1. The molecule has 1 amide bonds. The van der Waals surface area contributed by atoms with Crippen LogP contribution in [0.1, 0.15) is 70.2 Å². The number of halogens is 1. The van der Waals surface area contributed by atoms with Gasteiger partial charge in [-0.3, -0.25) is 4.79 Å². The fraction of sp³-hybridized carbons (Fsp3) is 0.722. The van der Waals surface area contributed by atoms with Gasteiger partial charge in [-0.05, 0) is 25.7 Å². The van der Waals surface area contributed by atoms with Crippen LogP contribution in [0.25, 0.3) is 0 Å². The van der Waals surface area contributed by atoms with E-state index in [1.165, 1.54) is 12.8 Å². The maximum atomic E-state index is 11.9. The van der Waals surface area contributed by atoms with E-state index in [4.69, 9.17) is 4.52 Å². The van der Waals surface area contributed by atoms with Gasteiger partial charge in [-0.15, -0.1) is 24.0 Å². The minimum atomic E-state index is 0. The minimum absolute atomic E-state index is 0. The van der Waals surface area contributed by atoms with Gasteiger partial charge in [0.05, 0.1) is 5.69 Å². The zero-order valence-corrected chi connectivity index (χ0v) is 18.3. The number of hydrogen-bond acceptors (Lipinski definition) is 4. The molecule has 148 valence electrons. The van der Waals surface area contributed by atoms with Gasteiger partial charge in [-0.2, -0.15) is 0 Å². The quantitative estimate of drug-likeness (QED) is 0.304. The molecule has 26 heavy (non-hydrogen) atoms. The zero-order valence-electron chi connectivity index (χ0n) is 16.0. The number of nitrogens with zero attached hydrogens (tertiary/aromatic N) is 2. The molecule has 0 spiro atoms. The van der Waals surface area contributed by atoms with Gasteiger partial charge < -0.3 is 20.5 Å². The second-order valence-electron chi connectivity index (χ2n) is 6.79. The van der Waals surface area contributed by atoms with Crippen molar-refractivity contribution in [2.45, 2.75) is 71.4 Å². The lowest BCUT2D eigenvalue weighted by Crippen LogP contribution is -2.40. The van der Waals surface area contributed by atoms with Gasteiger partial charge in [0.15, 0.2) is 11.7 Å². The predicted molar refractivity (Wildman–Crippen MR) is 114 cm³/mol. The number of amides is 1. The number of guanidine groups is 1. The molecule has 0 aromatic carbocycles. The molecule has 1 fully saturated rings. The van der Waals surface area contributed by atoms with Crippen LogP contribution in [0.3, 0.4) is 0 Å². The molecule has 2 rings (SSSR count). The summed E-state index contributed by atoms with van der Waals surface area (Å²) in [5, 5.41) is 13.5. The van der Waals surface area contributed by atoms with E-state index < -0.39 is 0 Å². The molecule has 0 atom stereocenters. The second-order valence-corrected chi connectivity index (χ2v) is 6.79. The normalized spacial score (nSPS) is 15.0. The average Bonchev–Trinajstić information content (AvgIpc) is 3.24. The van der Waals surface area contributed by atoms with Crippen LogP contribution >= 0.6 is 24.0 Å². The molecule has 1 aliphatic rings. The Morgan fingerprint density at radius 3 is 2.69 bits per heavy atom. The van der Waals surface area contributed by atoms with Crippen molar-refractivity contribution in [1.82, 2.24) is 21.1 Å². The number of carbonyl (C=O) groups is 1. The largest absolute Gasteiger partial charge is 0.359 e.